The fraction of sp³-hybridized carbons (Fsp3) is 0.263. The number of hydrogen-bond donors (Lipinski definition) is 0. The van der Waals surface area contributed by atoms with Gasteiger partial charge in [0.1, 0.15) is 0 Å². The SMILES string of the molecule is CC1=C(c2ccccc2)P2CC1(C)C(c1ccccc1)O2. The summed E-state index contributed by atoms with van der Waals surface area (Å²) < 4.78 is 6.49. The molecule has 3 atom stereocenters. The van der Waals surface area contributed by atoms with Gasteiger partial charge in [-0.15, -0.1) is 0 Å². The Hall–Kier alpha value is -1.43. The van der Waals surface area contributed by atoms with Gasteiger partial charge >= 0.3 is 0 Å². The van der Waals surface area contributed by atoms with Gasteiger partial charge in [0.05, 0.1) is 14.3 Å². The quantitative estimate of drug-likeness (QED) is 0.654. The second-order valence-corrected chi connectivity index (χ2v) is 7.92. The van der Waals surface area contributed by atoms with Crippen molar-refractivity contribution in [1.82, 2.24) is 0 Å². The van der Waals surface area contributed by atoms with Crippen molar-refractivity contribution in [3.8, 4) is 0 Å². The Labute approximate surface area is 127 Å². The summed E-state index contributed by atoms with van der Waals surface area (Å²) in [7, 11) is -0.480. The highest BCUT2D eigenvalue weighted by Gasteiger charge is 2.54. The normalized spacial score (nSPS) is 31.0. The molecule has 21 heavy (non-hydrogen) atoms. The first kappa shape index (κ1) is 13.2. The van der Waals surface area contributed by atoms with E-state index in [0.29, 0.717) is 0 Å². The molecular weight excluding hydrogens is 275 g/mol. The summed E-state index contributed by atoms with van der Waals surface area (Å²) in [6.07, 6.45) is 1.38. The molecule has 2 aliphatic rings. The molecule has 0 aromatic heterocycles. The number of fused-ring (bicyclic) bond motifs is 2. The lowest BCUT2D eigenvalue weighted by atomic mass is 9.76. The van der Waals surface area contributed by atoms with Crippen LogP contribution in [0.4, 0.5) is 0 Å². The lowest BCUT2D eigenvalue weighted by Crippen LogP contribution is -2.24. The van der Waals surface area contributed by atoms with Crippen molar-refractivity contribution in [3.63, 3.8) is 0 Å². The van der Waals surface area contributed by atoms with Crippen molar-refractivity contribution in [3.05, 3.63) is 77.4 Å². The molecule has 0 aliphatic carbocycles. The van der Waals surface area contributed by atoms with Gasteiger partial charge in [-0.2, -0.15) is 0 Å². The average Bonchev–Trinajstić information content (AvgIpc) is 2.99. The topological polar surface area (TPSA) is 9.23 Å². The zero-order chi connectivity index (χ0) is 14.4. The second-order valence-electron chi connectivity index (χ2n) is 6.19. The predicted octanol–water partition coefficient (Wildman–Crippen LogP) is 5.61. The molecule has 2 heterocycles. The standard InChI is InChI=1S/C19H19OP/c1-14-17(15-9-5-3-6-10-15)21-13-19(14,2)18(20-21)16-11-7-4-8-12-16/h3-12,18H,13H2,1-2H3. The third-order valence-corrected chi connectivity index (χ3v) is 7.40. The number of hydrogen-bond acceptors (Lipinski definition) is 1. The summed E-state index contributed by atoms with van der Waals surface area (Å²) in [6, 6.07) is 21.4. The molecule has 2 aromatic rings. The van der Waals surface area contributed by atoms with Gasteiger partial charge in [-0.3, -0.25) is 0 Å². The largest absolute Gasteiger partial charge is 0.346 e. The van der Waals surface area contributed by atoms with Crippen LogP contribution in [-0.2, 0) is 4.52 Å². The van der Waals surface area contributed by atoms with Gasteiger partial charge in [0.15, 0.2) is 0 Å². The van der Waals surface area contributed by atoms with E-state index in [0.717, 1.165) is 6.16 Å². The lowest BCUT2D eigenvalue weighted by Gasteiger charge is -2.33. The highest BCUT2D eigenvalue weighted by Crippen LogP contribution is 2.75. The van der Waals surface area contributed by atoms with Crippen molar-refractivity contribution in [2.24, 2.45) is 5.41 Å². The second kappa shape index (κ2) is 4.80. The maximum atomic E-state index is 6.49. The third-order valence-electron chi connectivity index (χ3n) is 4.89. The van der Waals surface area contributed by atoms with E-state index in [4.69, 9.17) is 4.52 Å². The van der Waals surface area contributed by atoms with Gasteiger partial charge < -0.3 is 4.52 Å². The fourth-order valence-corrected chi connectivity index (χ4v) is 6.59. The summed E-state index contributed by atoms with van der Waals surface area (Å²) in [6.45, 7) is 4.68. The minimum absolute atomic E-state index is 0.151. The van der Waals surface area contributed by atoms with E-state index in [-0.39, 0.29) is 11.5 Å². The van der Waals surface area contributed by atoms with Crippen LogP contribution in [0.25, 0.3) is 5.31 Å². The van der Waals surface area contributed by atoms with E-state index in [9.17, 15) is 0 Å². The van der Waals surface area contributed by atoms with Crippen molar-refractivity contribution in [1.29, 1.82) is 0 Å². The van der Waals surface area contributed by atoms with Crippen molar-refractivity contribution in [2.75, 3.05) is 6.16 Å². The molecule has 2 bridgehead atoms. The van der Waals surface area contributed by atoms with Gasteiger partial charge in [0, 0.05) is 16.9 Å². The first-order valence-electron chi connectivity index (χ1n) is 7.46. The Kier molecular flexibility index (Phi) is 3.03. The van der Waals surface area contributed by atoms with Crippen LogP contribution in [-0.4, -0.2) is 6.16 Å². The van der Waals surface area contributed by atoms with Crippen LogP contribution in [0.2, 0.25) is 0 Å². The summed E-state index contributed by atoms with van der Waals surface area (Å²) in [4.78, 5) is 0. The van der Waals surface area contributed by atoms with E-state index in [1.54, 1.807) is 0 Å². The summed E-state index contributed by atoms with van der Waals surface area (Å²) in [5, 5.41) is 1.47. The number of benzene rings is 2. The summed E-state index contributed by atoms with van der Waals surface area (Å²) >= 11 is 0. The molecule has 2 aromatic carbocycles. The van der Waals surface area contributed by atoms with Crippen molar-refractivity contribution in [2.45, 2.75) is 20.0 Å². The van der Waals surface area contributed by atoms with Gasteiger partial charge in [-0.1, -0.05) is 73.2 Å². The minimum atomic E-state index is -0.480. The summed E-state index contributed by atoms with van der Waals surface area (Å²) in [5.74, 6) is 0. The molecule has 1 saturated heterocycles. The Balaban J connectivity index is 1.78. The molecule has 4 rings (SSSR count). The molecule has 2 aliphatic heterocycles. The molecule has 0 amide bonds. The van der Waals surface area contributed by atoms with Crippen LogP contribution in [0.1, 0.15) is 31.1 Å². The van der Waals surface area contributed by atoms with E-state index >= 15 is 0 Å². The smallest absolute Gasteiger partial charge is 0.0967 e. The van der Waals surface area contributed by atoms with Gasteiger partial charge in [0.25, 0.3) is 0 Å². The van der Waals surface area contributed by atoms with E-state index in [1.165, 1.54) is 22.0 Å². The zero-order valence-electron chi connectivity index (χ0n) is 12.4. The average molecular weight is 294 g/mol. The monoisotopic (exact) mass is 294 g/mol. The van der Waals surface area contributed by atoms with E-state index in [1.807, 2.05) is 0 Å². The van der Waals surface area contributed by atoms with E-state index < -0.39 is 8.15 Å². The molecule has 1 nitrogen and oxygen atoms in total. The van der Waals surface area contributed by atoms with Crippen LogP contribution in [0, 0.1) is 5.41 Å². The molecule has 0 radical (unpaired) electrons. The Morgan fingerprint density at radius 2 is 1.62 bits per heavy atom. The highest BCUT2D eigenvalue weighted by molar-refractivity contribution is 7.64. The van der Waals surface area contributed by atoms with Gasteiger partial charge in [-0.05, 0) is 18.1 Å². The predicted molar refractivity (Wildman–Crippen MR) is 89.2 cm³/mol. The zero-order valence-corrected chi connectivity index (χ0v) is 13.3. The third kappa shape index (κ3) is 1.92. The van der Waals surface area contributed by atoms with Crippen LogP contribution in [0.5, 0.6) is 0 Å². The molecule has 0 saturated carbocycles. The molecular formula is C19H19OP. The van der Waals surface area contributed by atoms with E-state index in [2.05, 4.69) is 74.5 Å². The van der Waals surface area contributed by atoms with Crippen molar-refractivity contribution >= 4 is 13.5 Å². The molecule has 0 spiro atoms. The molecule has 3 unspecified atom stereocenters. The Morgan fingerprint density at radius 3 is 2.24 bits per heavy atom. The maximum absolute atomic E-state index is 6.49. The highest BCUT2D eigenvalue weighted by atomic mass is 31.1. The van der Waals surface area contributed by atoms with Crippen LogP contribution in [0.15, 0.2) is 66.2 Å². The molecule has 2 heteroatoms. The first-order chi connectivity index (χ1) is 10.2. The molecule has 1 fully saturated rings. The maximum Gasteiger partial charge on any atom is 0.0967 e. The lowest BCUT2D eigenvalue weighted by molar-refractivity contribution is 0.151. The van der Waals surface area contributed by atoms with Gasteiger partial charge in [0.2, 0.25) is 0 Å². The molecule has 0 N–H and O–H groups in total. The van der Waals surface area contributed by atoms with Crippen LogP contribution in [0.3, 0.4) is 0 Å². The first-order valence-corrected chi connectivity index (χ1v) is 8.91. The Morgan fingerprint density at radius 1 is 1.00 bits per heavy atom. The number of rotatable bonds is 2. The Bertz CT molecular complexity index is 692. The summed E-state index contributed by atoms with van der Waals surface area (Å²) in [5.41, 5.74) is 4.34. The van der Waals surface area contributed by atoms with Crippen LogP contribution < -0.4 is 0 Å². The van der Waals surface area contributed by atoms with Gasteiger partial charge in [-0.25, -0.2) is 0 Å². The minimum Gasteiger partial charge on any atom is -0.346 e. The van der Waals surface area contributed by atoms with Crippen LogP contribution >= 0.6 is 8.15 Å². The fourth-order valence-electron chi connectivity index (χ4n) is 3.58. The molecule has 106 valence electrons. The van der Waals surface area contributed by atoms with Crippen molar-refractivity contribution < 1.29 is 4.52 Å².